The summed E-state index contributed by atoms with van der Waals surface area (Å²) in [6.07, 6.45) is 5.61. The van der Waals surface area contributed by atoms with Crippen LogP contribution in [-0.4, -0.2) is 18.2 Å². The monoisotopic (exact) mass is 443 g/mol. The van der Waals surface area contributed by atoms with Gasteiger partial charge in [-0.2, -0.15) is 0 Å². The molecule has 170 valence electrons. The molecule has 33 heavy (non-hydrogen) atoms. The van der Waals surface area contributed by atoms with Crippen molar-refractivity contribution in [3.8, 4) is 11.5 Å². The molecule has 5 nitrogen and oxygen atoms in total. The molecule has 0 spiro atoms. The molecule has 0 radical (unpaired) electrons. The van der Waals surface area contributed by atoms with Crippen LogP contribution >= 0.6 is 0 Å². The predicted molar refractivity (Wildman–Crippen MR) is 126 cm³/mol. The van der Waals surface area contributed by atoms with Gasteiger partial charge in [0.05, 0.1) is 12.5 Å². The molecule has 0 amide bonds. The van der Waals surface area contributed by atoms with E-state index >= 15 is 0 Å². The van der Waals surface area contributed by atoms with Crippen molar-refractivity contribution in [2.45, 2.75) is 51.6 Å². The highest BCUT2D eigenvalue weighted by Crippen LogP contribution is 2.47. The van der Waals surface area contributed by atoms with Gasteiger partial charge >= 0.3 is 0 Å². The fourth-order valence-electron chi connectivity index (χ4n) is 5.22. The Morgan fingerprint density at radius 2 is 1.79 bits per heavy atom. The topological polar surface area (TPSA) is 64.6 Å². The summed E-state index contributed by atoms with van der Waals surface area (Å²) >= 11 is 0. The first-order valence-corrected chi connectivity index (χ1v) is 11.8. The molecule has 1 aliphatic heterocycles. The second-order valence-corrected chi connectivity index (χ2v) is 8.83. The number of carbonyl (C=O) groups excluding carboxylic acids is 2. The number of nitrogens with one attached hydrogen (secondary N) is 1. The molecular weight excluding hydrogens is 414 g/mol. The molecule has 2 aromatic carbocycles. The van der Waals surface area contributed by atoms with Gasteiger partial charge in [0.15, 0.2) is 17.3 Å². The summed E-state index contributed by atoms with van der Waals surface area (Å²) < 4.78 is 12.0. The van der Waals surface area contributed by atoms with Gasteiger partial charge in [-0.3, -0.25) is 9.59 Å². The smallest absolute Gasteiger partial charge is 0.161 e. The van der Waals surface area contributed by atoms with E-state index in [1.165, 1.54) is 0 Å². The molecule has 3 aliphatic rings. The van der Waals surface area contributed by atoms with E-state index in [1.807, 2.05) is 55.5 Å². The van der Waals surface area contributed by atoms with Crippen molar-refractivity contribution in [2.75, 3.05) is 6.61 Å². The standard InChI is InChI=1S/C28H29NO4/c1-2-32-25-16-19(14-15-24(25)33-17-18-8-4-3-5-9-18)26-27-20(10-6-12-22(27)30)29-21-11-7-13-23(31)28(21)26/h3-5,8-10,14-16,26-27,29H,2,6-7,11-13,17H2,1H3. The molecule has 1 N–H and O–H groups in total. The molecule has 2 aliphatic carbocycles. The Labute approximate surface area is 194 Å². The first kappa shape index (κ1) is 21.5. The summed E-state index contributed by atoms with van der Waals surface area (Å²) in [5, 5.41) is 3.45. The minimum atomic E-state index is -0.342. The highest BCUT2D eigenvalue weighted by molar-refractivity contribution is 6.01. The lowest BCUT2D eigenvalue weighted by Crippen LogP contribution is -2.42. The van der Waals surface area contributed by atoms with Gasteiger partial charge in [0, 0.05) is 35.7 Å². The number of ketones is 2. The fourth-order valence-corrected chi connectivity index (χ4v) is 5.22. The van der Waals surface area contributed by atoms with E-state index in [4.69, 9.17) is 9.47 Å². The number of ether oxygens (including phenoxy) is 2. The van der Waals surface area contributed by atoms with E-state index in [0.717, 1.165) is 47.4 Å². The Morgan fingerprint density at radius 1 is 0.939 bits per heavy atom. The normalized spacial score (nSPS) is 22.2. The van der Waals surface area contributed by atoms with E-state index < -0.39 is 0 Å². The van der Waals surface area contributed by atoms with Gasteiger partial charge in [-0.1, -0.05) is 42.5 Å². The average molecular weight is 444 g/mol. The van der Waals surface area contributed by atoms with Crippen LogP contribution in [0.3, 0.4) is 0 Å². The summed E-state index contributed by atoms with van der Waals surface area (Å²) in [5.74, 6) is 1.02. The summed E-state index contributed by atoms with van der Waals surface area (Å²) in [7, 11) is 0. The van der Waals surface area contributed by atoms with Gasteiger partial charge in [-0.15, -0.1) is 0 Å². The van der Waals surface area contributed by atoms with E-state index in [-0.39, 0.29) is 23.4 Å². The Balaban J connectivity index is 1.53. The van der Waals surface area contributed by atoms with E-state index in [2.05, 4.69) is 11.4 Å². The van der Waals surface area contributed by atoms with Gasteiger partial charge in [-0.05, 0) is 49.4 Å². The quantitative estimate of drug-likeness (QED) is 0.663. The largest absolute Gasteiger partial charge is 0.490 e. The zero-order chi connectivity index (χ0) is 22.8. The Hall–Kier alpha value is -3.34. The Bertz CT molecular complexity index is 1130. The maximum absolute atomic E-state index is 13.1. The molecule has 5 rings (SSSR count). The van der Waals surface area contributed by atoms with Crippen LogP contribution in [0, 0.1) is 5.92 Å². The van der Waals surface area contributed by atoms with Crippen molar-refractivity contribution in [2.24, 2.45) is 5.92 Å². The zero-order valence-electron chi connectivity index (χ0n) is 18.9. The van der Waals surface area contributed by atoms with Crippen LogP contribution in [0.4, 0.5) is 0 Å². The van der Waals surface area contributed by atoms with Crippen LogP contribution in [0.5, 0.6) is 11.5 Å². The number of benzene rings is 2. The molecule has 0 saturated carbocycles. The minimum absolute atomic E-state index is 0.147. The van der Waals surface area contributed by atoms with E-state index in [1.54, 1.807) is 0 Å². The minimum Gasteiger partial charge on any atom is -0.490 e. The molecule has 5 heteroatoms. The number of Topliss-reactive ketones (excluding diaryl/α,β-unsaturated/α-hetero) is 2. The molecule has 2 aromatic rings. The third-order valence-corrected chi connectivity index (χ3v) is 6.70. The molecular formula is C28H29NO4. The Kier molecular flexibility index (Phi) is 6.03. The van der Waals surface area contributed by atoms with Crippen molar-refractivity contribution in [3.05, 3.63) is 82.7 Å². The zero-order valence-corrected chi connectivity index (χ0v) is 18.9. The highest BCUT2D eigenvalue weighted by atomic mass is 16.5. The first-order valence-electron chi connectivity index (χ1n) is 11.8. The van der Waals surface area contributed by atoms with Crippen LogP contribution < -0.4 is 14.8 Å². The van der Waals surface area contributed by atoms with Gasteiger partial charge in [0.25, 0.3) is 0 Å². The molecule has 0 aromatic heterocycles. The molecule has 0 saturated heterocycles. The second-order valence-electron chi connectivity index (χ2n) is 8.83. The van der Waals surface area contributed by atoms with Crippen molar-refractivity contribution >= 4 is 11.6 Å². The van der Waals surface area contributed by atoms with Gasteiger partial charge in [-0.25, -0.2) is 0 Å². The van der Waals surface area contributed by atoms with E-state index in [9.17, 15) is 9.59 Å². The SMILES string of the molecule is CCOc1cc(C2C3=C(CCCC3=O)NC3=CCCC(=O)C32)ccc1OCc1ccccc1. The first-order chi connectivity index (χ1) is 16.2. The number of allylic oxidation sites excluding steroid dienone is 4. The highest BCUT2D eigenvalue weighted by Gasteiger charge is 2.44. The third kappa shape index (κ3) is 4.20. The summed E-state index contributed by atoms with van der Waals surface area (Å²) in [6.45, 7) is 2.88. The summed E-state index contributed by atoms with van der Waals surface area (Å²) in [4.78, 5) is 26.1. The number of hydrogen-bond donors (Lipinski definition) is 1. The third-order valence-electron chi connectivity index (χ3n) is 6.70. The van der Waals surface area contributed by atoms with Crippen molar-refractivity contribution in [1.29, 1.82) is 0 Å². The number of carbonyl (C=O) groups is 2. The van der Waals surface area contributed by atoms with Crippen LogP contribution in [-0.2, 0) is 16.2 Å². The summed E-state index contributed by atoms with van der Waals surface area (Å²) in [6, 6.07) is 15.9. The molecule has 2 atom stereocenters. The molecule has 1 heterocycles. The maximum atomic E-state index is 13.1. The lowest BCUT2D eigenvalue weighted by molar-refractivity contribution is -0.123. The summed E-state index contributed by atoms with van der Waals surface area (Å²) in [5.41, 5.74) is 4.72. The fraction of sp³-hybridized carbons (Fsp3) is 0.357. The lowest BCUT2D eigenvalue weighted by atomic mass is 9.68. The maximum Gasteiger partial charge on any atom is 0.161 e. The molecule has 0 fully saturated rings. The van der Waals surface area contributed by atoms with Gasteiger partial charge in [0.1, 0.15) is 12.4 Å². The number of rotatable bonds is 6. The van der Waals surface area contributed by atoms with Gasteiger partial charge < -0.3 is 14.8 Å². The van der Waals surface area contributed by atoms with Crippen molar-refractivity contribution in [1.82, 2.24) is 5.32 Å². The van der Waals surface area contributed by atoms with Crippen LogP contribution in [0.2, 0.25) is 0 Å². The molecule has 0 bridgehead atoms. The molecule has 2 unspecified atom stereocenters. The van der Waals surface area contributed by atoms with Gasteiger partial charge in [0.2, 0.25) is 0 Å². The predicted octanol–water partition coefficient (Wildman–Crippen LogP) is 5.22. The number of hydrogen-bond acceptors (Lipinski definition) is 5. The van der Waals surface area contributed by atoms with E-state index in [0.29, 0.717) is 37.6 Å². The van der Waals surface area contributed by atoms with Crippen molar-refractivity contribution < 1.29 is 19.1 Å². The van der Waals surface area contributed by atoms with Crippen LogP contribution in [0.1, 0.15) is 56.1 Å². The van der Waals surface area contributed by atoms with Crippen molar-refractivity contribution in [3.63, 3.8) is 0 Å². The Morgan fingerprint density at radius 3 is 2.61 bits per heavy atom. The average Bonchev–Trinajstić information content (AvgIpc) is 2.83. The number of fused-ring (bicyclic) bond motifs is 1. The van der Waals surface area contributed by atoms with Crippen LogP contribution in [0.15, 0.2) is 71.6 Å². The second kappa shape index (κ2) is 9.26. The van der Waals surface area contributed by atoms with Crippen LogP contribution in [0.25, 0.3) is 0 Å². The lowest BCUT2D eigenvalue weighted by Gasteiger charge is -2.40.